The number of aromatic nitrogens is 2. The molecule has 1 saturated carbocycles. The van der Waals surface area contributed by atoms with Gasteiger partial charge >= 0.3 is 0 Å². The average molecular weight is 443 g/mol. The smallest absolute Gasteiger partial charge is 0.222 e. The van der Waals surface area contributed by atoms with E-state index >= 15 is 0 Å². The first-order valence-corrected chi connectivity index (χ1v) is 11.1. The van der Waals surface area contributed by atoms with Crippen molar-refractivity contribution in [1.82, 2.24) is 9.97 Å². The van der Waals surface area contributed by atoms with E-state index < -0.39 is 0 Å². The van der Waals surface area contributed by atoms with Crippen molar-refractivity contribution in [3.8, 4) is 11.5 Å². The van der Waals surface area contributed by atoms with Crippen molar-refractivity contribution >= 4 is 38.4 Å². The average Bonchev–Trinajstić information content (AvgIpc) is 3.15. The maximum atomic E-state index is 11.2. The summed E-state index contributed by atoms with van der Waals surface area (Å²) in [5.41, 5.74) is 1.65. The van der Waals surface area contributed by atoms with Crippen molar-refractivity contribution in [2.24, 2.45) is 0 Å². The molecule has 1 aliphatic carbocycles. The third-order valence-electron chi connectivity index (χ3n) is 5.23. The number of aliphatic hydroxyl groups excluding tert-OH is 1. The Morgan fingerprint density at radius 2 is 2.13 bits per heavy atom. The molecule has 31 heavy (non-hydrogen) atoms. The highest BCUT2D eigenvalue weighted by Crippen LogP contribution is 2.37. The number of benzene rings is 1. The zero-order chi connectivity index (χ0) is 21.8. The van der Waals surface area contributed by atoms with Crippen molar-refractivity contribution in [2.75, 3.05) is 17.7 Å². The van der Waals surface area contributed by atoms with Gasteiger partial charge in [0.25, 0.3) is 0 Å². The van der Waals surface area contributed by atoms with Crippen LogP contribution in [-0.4, -0.2) is 40.2 Å². The summed E-state index contributed by atoms with van der Waals surface area (Å²) in [6.45, 7) is 1.77. The molecule has 8 nitrogen and oxygen atoms in total. The minimum atomic E-state index is -0.343. The van der Waals surface area contributed by atoms with E-state index in [4.69, 9.17) is 9.47 Å². The van der Waals surface area contributed by atoms with Gasteiger partial charge in [0.1, 0.15) is 29.4 Å². The van der Waals surface area contributed by atoms with Crippen molar-refractivity contribution in [3.63, 3.8) is 0 Å². The summed E-state index contributed by atoms with van der Waals surface area (Å²) in [5.74, 6) is 1.62. The van der Waals surface area contributed by atoms with E-state index in [0.717, 1.165) is 46.6 Å². The fourth-order valence-electron chi connectivity index (χ4n) is 3.69. The highest BCUT2D eigenvalue weighted by molar-refractivity contribution is 7.22. The largest absolute Gasteiger partial charge is 0.494 e. The number of aliphatic hydroxyl groups is 1. The Morgan fingerprint density at radius 1 is 1.29 bits per heavy atom. The second-order valence-electron chi connectivity index (χ2n) is 7.61. The Balaban J connectivity index is 1.50. The van der Waals surface area contributed by atoms with Crippen molar-refractivity contribution < 1.29 is 19.4 Å². The van der Waals surface area contributed by atoms with Gasteiger partial charge in [0, 0.05) is 19.2 Å². The number of carbonyl (C=O) groups is 1. The molecule has 2 aromatic heterocycles. The van der Waals surface area contributed by atoms with E-state index in [2.05, 4.69) is 20.6 Å². The van der Waals surface area contributed by atoms with Gasteiger partial charge in [-0.2, -0.15) is 0 Å². The van der Waals surface area contributed by atoms with E-state index in [0.29, 0.717) is 23.9 Å². The van der Waals surface area contributed by atoms with Crippen LogP contribution in [0.25, 0.3) is 10.2 Å². The highest BCUT2D eigenvalue weighted by Gasteiger charge is 2.24. The zero-order valence-electron chi connectivity index (χ0n) is 17.6. The number of anilines is 2. The Labute approximate surface area is 184 Å². The molecule has 1 fully saturated rings. The van der Waals surface area contributed by atoms with Crippen LogP contribution in [0.15, 0.2) is 30.5 Å². The second kappa shape index (κ2) is 9.49. The molecule has 2 atom stereocenters. The van der Waals surface area contributed by atoms with Gasteiger partial charge in [-0.15, -0.1) is 0 Å². The first-order chi connectivity index (χ1) is 15.0. The van der Waals surface area contributed by atoms with Crippen LogP contribution in [-0.2, 0) is 11.4 Å². The molecular weight excluding hydrogens is 416 g/mol. The number of hydrogen-bond donors (Lipinski definition) is 3. The number of ether oxygens (including phenoxy) is 2. The number of amides is 1. The number of thiazole rings is 1. The number of methoxy groups -OCH3 is 1. The van der Waals surface area contributed by atoms with Crippen LogP contribution in [0.1, 0.15) is 38.2 Å². The van der Waals surface area contributed by atoms with Crippen molar-refractivity contribution in [2.45, 2.75) is 51.4 Å². The molecule has 9 heteroatoms. The lowest BCUT2D eigenvalue weighted by molar-refractivity contribution is -0.114. The molecule has 0 radical (unpaired) electrons. The number of fused-ring (bicyclic) bond motifs is 1. The van der Waals surface area contributed by atoms with Gasteiger partial charge in [0.2, 0.25) is 5.91 Å². The lowest BCUT2D eigenvalue weighted by Crippen LogP contribution is -2.36. The summed E-state index contributed by atoms with van der Waals surface area (Å²) in [5, 5.41) is 17.1. The number of rotatable bonds is 7. The third kappa shape index (κ3) is 5.23. The van der Waals surface area contributed by atoms with Crippen LogP contribution in [0.2, 0.25) is 0 Å². The Hall–Kier alpha value is -2.91. The zero-order valence-corrected chi connectivity index (χ0v) is 18.4. The second-order valence-corrected chi connectivity index (χ2v) is 8.64. The SMILES string of the molecule is COc1cc(OCc2ccnc(NC(C)=O)c2)cc2sc(N[C@@H]3CCCC[C@H]3O)nc12. The Kier molecular flexibility index (Phi) is 6.53. The molecule has 1 aromatic carbocycles. The first kappa shape index (κ1) is 21.3. The predicted molar refractivity (Wildman–Crippen MR) is 121 cm³/mol. The van der Waals surface area contributed by atoms with Crippen LogP contribution in [0.3, 0.4) is 0 Å². The molecule has 164 valence electrons. The molecule has 1 aliphatic rings. The van der Waals surface area contributed by atoms with Gasteiger partial charge in [-0.3, -0.25) is 4.79 Å². The van der Waals surface area contributed by atoms with Crippen LogP contribution in [0.5, 0.6) is 11.5 Å². The van der Waals surface area contributed by atoms with Crippen LogP contribution in [0.4, 0.5) is 10.9 Å². The predicted octanol–water partition coefficient (Wildman–Crippen LogP) is 3.95. The van der Waals surface area contributed by atoms with Crippen LogP contribution < -0.4 is 20.1 Å². The summed E-state index contributed by atoms with van der Waals surface area (Å²) in [6, 6.07) is 7.40. The van der Waals surface area contributed by atoms with E-state index in [-0.39, 0.29) is 18.1 Å². The van der Waals surface area contributed by atoms with Crippen LogP contribution >= 0.6 is 11.3 Å². The summed E-state index contributed by atoms with van der Waals surface area (Å²) < 4.78 is 12.5. The molecule has 3 aromatic rings. The summed E-state index contributed by atoms with van der Waals surface area (Å²) in [6.07, 6.45) is 5.23. The normalized spacial score (nSPS) is 18.5. The summed E-state index contributed by atoms with van der Waals surface area (Å²) in [4.78, 5) is 20.0. The molecule has 0 spiro atoms. The Bertz CT molecular complexity index is 1070. The third-order valence-corrected chi connectivity index (χ3v) is 6.16. The van der Waals surface area contributed by atoms with E-state index in [1.807, 2.05) is 18.2 Å². The van der Waals surface area contributed by atoms with Crippen molar-refractivity contribution in [1.29, 1.82) is 0 Å². The van der Waals surface area contributed by atoms with Gasteiger partial charge in [-0.1, -0.05) is 24.2 Å². The van der Waals surface area contributed by atoms with Crippen molar-refractivity contribution in [3.05, 3.63) is 36.0 Å². The van der Waals surface area contributed by atoms with Gasteiger partial charge < -0.3 is 25.2 Å². The molecular formula is C22H26N4O4S. The molecule has 0 bridgehead atoms. The van der Waals surface area contributed by atoms with Gasteiger partial charge in [-0.05, 0) is 36.6 Å². The lowest BCUT2D eigenvalue weighted by atomic mass is 9.93. The number of hydrogen-bond acceptors (Lipinski definition) is 8. The minimum Gasteiger partial charge on any atom is -0.494 e. The molecule has 0 unspecified atom stereocenters. The van der Waals surface area contributed by atoms with E-state index in [1.165, 1.54) is 18.3 Å². The van der Waals surface area contributed by atoms with Gasteiger partial charge in [0.05, 0.1) is 24.0 Å². The first-order valence-electron chi connectivity index (χ1n) is 10.3. The van der Waals surface area contributed by atoms with Gasteiger partial charge in [-0.25, -0.2) is 9.97 Å². The molecule has 1 amide bonds. The molecule has 3 N–H and O–H groups in total. The monoisotopic (exact) mass is 442 g/mol. The topological polar surface area (TPSA) is 106 Å². The molecule has 2 heterocycles. The highest BCUT2D eigenvalue weighted by atomic mass is 32.1. The number of carbonyl (C=O) groups excluding carboxylic acids is 1. The summed E-state index contributed by atoms with van der Waals surface area (Å²) in [7, 11) is 1.61. The molecule has 0 saturated heterocycles. The Morgan fingerprint density at radius 3 is 2.90 bits per heavy atom. The van der Waals surface area contributed by atoms with E-state index in [9.17, 15) is 9.90 Å². The quantitative estimate of drug-likeness (QED) is 0.509. The fraction of sp³-hybridized carbons (Fsp3) is 0.409. The van der Waals surface area contributed by atoms with Gasteiger partial charge in [0.15, 0.2) is 5.13 Å². The molecule has 4 rings (SSSR count). The van der Waals surface area contributed by atoms with Crippen LogP contribution in [0, 0.1) is 0 Å². The number of pyridine rings is 1. The lowest BCUT2D eigenvalue weighted by Gasteiger charge is -2.27. The number of nitrogens with one attached hydrogen (secondary N) is 2. The maximum Gasteiger partial charge on any atom is 0.222 e. The minimum absolute atomic E-state index is 0.0283. The molecule has 0 aliphatic heterocycles. The standard InChI is InChI=1S/C22H26N4O4S/c1-13(27)24-20-9-14(7-8-23-20)12-30-15-10-18(29-2)21-19(11-15)31-22(26-21)25-16-5-3-4-6-17(16)28/h7-11,16-17,28H,3-6,12H2,1-2H3,(H,25,26)(H,23,24,27)/t16-,17-/m1/s1. The fourth-order valence-corrected chi connectivity index (χ4v) is 4.67. The summed E-state index contributed by atoms with van der Waals surface area (Å²) >= 11 is 1.52. The number of nitrogens with zero attached hydrogens (tertiary/aromatic N) is 2. The van der Waals surface area contributed by atoms with E-state index in [1.54, 1.807) is 19.4 Å². The maximum absolute atomic E-state index is 11.2.